The van der Waals surface area contributed by atoms with Crippen molar-refractivity contribution in [3.8, 4) is 11.5 Å². The number of carbonyl (C=O) groups is 1. The van der Waals surface area contributed by atoms with Gasteiger partial charge in [-0.25, -0.2) is 0 Å². The largest absolute Gasteiger partial charge is 0.507 e. The fourth-order valence-corrected chi connectivity index (χ4v) is 3.34. The molecule has 0 aromatic heterocycles. The van der Waals surface area contributed by atoms with Crippen molar-refractivity contribution in [3.63, 3.8) is 0 Å². The standard InChI is InChI=1S/C16H20O3/c1-8-9(2)15-12(10(3)13(8)17)14(18)11(4)16(19-15)6-5-7-16/h11,17H,5-7H2,1-4H3. The van der Waals surface area contributed by atoms with E-state index in [0.29, 0.717) is 16.9 Å². The molecule has 1 atom stereocenters. The van der Waals surface area contributed by atoms with Crippen molar-refractivity contribution in [2.45, 2.75) is 52.6 Å². The first kappa shape index (κ1) is 12.5. The average Bonchev–Trinajstić information content (AvgIpc) is 2.35. The molecular formula is C16H20O3. The molecule has 1 aromatic carbocycles. The molecule has 0 saturated heterocycles. The number of hydrogen-bond acceptors (Lipinski definition) is 3. The molecule has 0 amide bonds. The van der Waals surface area contributed by atoms with Crippen LogP contribution in [0.25, 0.3) is 0 Å². The Balaban J connectivity index is 2.26. The van der Waals surface area contributed by atoms with Crippen molar-refractivity contribution in [1.82, 2.24) is 0 Å². The van der Waals surface area contributed by atoms with Crippen molar-refractivity contribution in [2.75, 3.05) is 0 Å². The van der Waals surface area contributed by atoms with Crippen molar-refractivity contribution in [1.29, 1.82) is 0 Å². The lowest BCUT2D eigenvalue weighted by molar-refractivity contribution is -0.0519. The van der Waals surface area contributed by atoms with Gasteiger partial charge in [0.1, 0.15) is 17.1 Å². The highest BCUT2D eigenvalue weighted by molar-refractivity contribution is 6.04. The van der Waals surface area contributed by atoms with Crippen molar-refractivity contribution in [3.05, 3.63) is 22.3 Å². The second kappa shape index (κ2) is 3.75. The van der Waals surface area contributed by atoms with E-state index >= 15 is 0 Å². The zero-order valence-electron chi connectivity index (χ0n) is 12.0. The minimum absolute atomic E-state index is 0.117. The predicted molar refractivity (Wildman–Crippen MR) is 73.0 cm³/mol. The van der Waals surface area contributed by atoms with Gasteiger partial charge in [0.05, 0.1) is 11.5 Å². The Kier molecular flexibility index (Phi) is 2.47. The second-order valence-corrected chi connectivity index (χ2v) is 6.03. The van der Waals surface area contributed by atoms with Crippen LogP contribution in [0.4, 0.5) is 0 Å². The van der Waals surface area contributed by atoms with Crippen LogP contribution in [0.15, 0.2) is 0 Å². The van der Waals surface area contributed by atoms with Gasteiger partial charge < -0.3 is 9.84 Å². The summed E-state index contributed by atoms with van der Waals surface area (Å²) in [6.07, 6.45) is 3.04. The lowest BCUT2D eigenvalue weighted by Gasteiger charge is -2.49. The highest BCUT2D eigenvalue weighted by Gasteiger charge is 2.52. The summed E-state index contributed by atoms with van der Waals surface area (Å²) in [5.41, 5.74) is 2.66. The average molecular weight is 260 g/mol. The Labute approximate surface area is 113 Å². The van der Waals surface area contributed by atoms with E-state index < -0.39 is 0 Å². The van der Waals surface area contributed by atoms with Crippen molar-refractivity contribution < 1.29 is 14.6 Å². The number of benzene rings is 1. The maximum atomic E-state index is 12.7. The van der Waals surface area contributed by atoms with E-state index in [1.54, 1.807) is 6.92 Å². The Morgan fingerprint density at radius 1 is 1.16 bits per heavy atom. The summed E-state index contributed by atoms with van der Waals surface area (Å²) in [6, 6.07) is 0. The third-order valence-electron chi connectivity index (χ3n) is 5.15. The van der Waals surface area contributed by atoms with Gasteiger partial charge in [-0.3, -0.25) is 4.79 Å². The van der Waals surface area contributed by atoms with Crippen LogP contribution < -0.4 is 4.74 Å². The van der Waals surface area contributed by atoms with Gasteiger partial charge in [0, 0.05) is 5.56 Å². The number of hydrogen-bond donors (Lipinski definition) is 1. The van der Waals surface area contributed by atoms with Crippen LogP contribution in [-0.4, -0.2) is 16.5 Å². The molecule has 1 unspecified atom stereocenters. The minimum atomic E-state index is -0.287. The quantitative estimate of drug-likeness (QED) is 0.777. The Morgan fingerprint density at radius 3 is 2.32 bits per heavy atom. The molecular weight excluding hydrogens is 240 g/mol. The van der Waals surface area contributed by atoms with E-state index in [-0.39, 0.29) is 23.1 Å². The highest BCUT2D eigenvalue weighted by atomic mass is 16.5. The van der Waals surface area contributed by atoms with Crippen LogP contribution in [0.2, 0.25) is 0 Å². The molecule has 1 aromatic rings. The first-order valence-corrected chi connectivity index (χ1v) is 6.95. The first-order chi connectivity index (χ1) is 8.89. The van der Waals surface area contributed by atoms with Gasteiger partial charge >= 0.3 is 0 Å². The summed E-state index contributed by atoms with van der Waals surface area (Å²) >= 11 is 0. The van der Waals surface area contributed by atoms with Crippen LogP contribution in [0, 0.1) is 26.7 Å². The molecule has 0 radical (unpaired) electrons. The highest BCUT2D eigenvalue weighted by Crippen LogP contribution is 2.51. The number of Topliss-reactive ketones (excluding diaryl/α,β-unsaturated/α-hetero) is 1. The van der Waals surface area contributed by atoms with Crippen LogP contribution >= 0.6 is 0 Å². The first-order valence-electron chi connectivity index (χ1n) is 6.95. The molecule has 1 saturated carbocycles. The van der Waals surface area contributed by atoms with Gasteiger partial charge in [0.25, 0.3) is 0 Å². The smallest absolute Gasteiger partial charge is 0.173 e. The van der Waals surface area contributed by atoms with E-state index in [1.807, 2.05) is 20.8 Å². The lowest BCUT2D eigenvalue weighted by atomic mass is 9.67. The molecule has 3 nitrogen and oxygen atoms in total. The summed E-state index contributed by atoms with van der Waals surface area (Å²) in [4.78, 5) is 12.7. The fraction of sp³-hybridized carbons (Fsp3) is 0.562. The second-order valence-electron chi connectivity index (χ2n) is 6.03. The normalized spacial score (nSPS) is 23.8. The summed E-state index contributed by atoms with van der Waals surface area (Å²) in [6.45, 7) is 7.55. The van der Waals surface area contributed by atoms with E-state index in [2.05, 4.69) is 0 Å². The van der Waals surface area contributed by atoms with Gasteiger partial charge in [0.15, 0.2) is 5.78 Å². The van der Waals surface area contributed by atoms with E-state index in [9.17, 15) is 9.90 Å². The molecule has 1 N–H and O–H groups in total. The Morgan fingerprint density at radius 2 is 1.79 bits per heavy atom. The summed E-state index contributed by atoms with van der Waals surface area (Å²) in [5.74, 6) is 0.936. The van der Waals surface area contributed by atoms with Gasteiger partial charge in [-0.15, -0.1) is 0 Å². The topological polar surface area (TPSA) is 46.5 Å². The zero-order chi connectivity index (χ0) is 13.9. The number of fused-ring (bicyclic) bond motifs is 1. The third-order valence-corrected chi connectivity index (χ3v) is 5.15. The minimum Gasteiger partial charge on any atom is -0.507 e. The SMILES string of the molecule is Cc1c(C)c2c(c(C)c1O)C(=O)C(C)C1(CCC1)O2. The molecule has 3 heteroatoms. The molecule has 1 aliphatic heterocycles. The molecule has 19 heavy (non-hydrogen) atoms. The molecule has 1 heterocycles. The number of carbonyl (C=O) groups excluding carboxylic acids is 1. The molecule has 2 aliphatic rings. The van der Waals surface area contributed by atoms with E-state index in [1.165, 1.54) is 0 Å². The maximum Gasteiger partial charge on any atom is 0.173 e. The summed E-state index contributed by atoms with van der Waals surface area (Å²) < 4.78 is 6.25. The monoisotopic (exact) mass is 260 g/mol. The van der Waals surface area contributed by atoms with Crippen molar-refractivity contribution in [2.24, 2.45) is 5.92 Å². The van der Waals surface area contributed by atoms with E-state index in [4.69, 9.17) is 4.74 Å². The number of aromatic hydroxyl groups is 1. The molecule has 1 fully saturated rings. The fourth-order valence-electron chi connectivity index (χ4n) is 3.34. The van der Waals surface area contributed by atoms with Crippen LogP contribution in [0.5, 0.6) is 11.5 Å². The molecule has 0 bridgehead atoms. The lowest BCUT2D eigenvalue weighted by Crippen LogP contribution is -2.54. The number of ether oxygens (including phenoxy) is 1. The van der Waals surface area contributed by atoms with Crippen LogP contribution in [0.1, 0.15) is 53.2 Å². The molecule has 1 spiro atoms. The number of phenols is 1. The Hall–Kier alpha value is -1.51. The molecule has 1 aliphatic carbocycles. The van der Waals surface area contributed by atoms with Gasteiger partial charge in [-0.2, -0.15) is 0 Å². The molecule has 3 rings (SSSR count). The predicted octanol–water partition coefficient (Wildman–Crippen LogP) is 3.45. The third kappa shape index (κ3) is 1.41. The summed E-state index contributed by atoms with van der Waals surface area (Å²) in [5, 5.41) is 10.1. The zero-order valence-corrected chi connectivity index (χ0v) is 12.0. The maximum absolute atomic E-state index is 12.7. The summed E-state index contributed by atoms with van der Waals surface area (Å²) in [7, 11) is 0. The van der Waals surface area contributed by atoms with E-state index in [0.717, 1.165) is 30.4 Å². The Bertz CT molecular complexity index is 582. The number of ketones is 1. The van der Waals surface area contributed by atoms with Gasteiger partial charge in [-0.1, -0.05) is 6.92 Å². The van der Waals surface area contributed by atoms with Gasteiger partial charge in [-0.05, 0) is 51.2 Å². The molecule has 102 valence electrons. The number of rotatable bonds is 0. The van der Waals surface area contributed by atoms with Crippen LogP contribution in [0.3, 0.4) is 0 Å². The van der Waals surface area contributed by atoms with Crippen molar-refractivity contribution >= 4 is 5.78 Å². The van der Waals surface area contributed by atoms with Crippen LogP contribution in [-0.2, 0) is 0 Å². The van der Waals surface area contributed by atoms with Gasteiger partial charge in [0.2, 0.25) is 0 Å². The number of phenolic OH excluding ortho intramolecular Hbond substituents is 1.